The predicted molar refractivity (Wildman–Crippen MR) is 76.3 cm³/mol. The average molecular weight is 274 g/mol. The van der Waals surface area contributed by atoms with Gasteiger partial charge in [0.2, 0.25) is 0 Å². The topological polar surface area (TPSA) is 63.0 Å². The highest BCUT2D eigenvalue weighted by Gasteiger charge is 2.10. The zero-order valence-electron chi connectivity index (χ0n) is 10.4. The lowest BCUT2D eigenvalue weighted by molar-refractivity contribution is 0.191. The van der Waals surface area contributed by atoms with Gasteiger partial charge in [-0.25, -0.2) is 0 Å². The summed E-state index contributed by atoms with van der Waals surface area (Å²) in [6.45, 7) is 0.447. The third-order valence-corrected chi connectivity index (χ3v) is 3.88. The highest BCUT2D eigenvalue weighted by atomic mass is 32.1. The van der Waals surface area contributed by atoms with Crippen LogP contribution in [0.5, 0.6) is 0 Å². The zero-order valence-corrected chi connectivity index (χ0v) is 11.3. The van der Waals surface area contributed by atoms with E-state index in [4.69, 9.17) is 0 Å². The van der Waals surface area contributed by atoms with Crippen LogP contribution in [0.1, 0.15) is 11.7 Å². The molecule has 0 saturated heterocycles. The minimum atomic E-state index is -0.572. The number of nitrogens with zero attached hydrogens (tertiary/aromatic N) is 3. The van der Waals surface area contributed by atoms with Crippen LogP contribution in [0, 0.1) is 0 Å². The first kappa shape index (κ1) is 12.1. The number of hydrogen-bond donors (Lipinski definition) is 2. The first-order valence-corrected chi connectivity index (χ1v) is 6.84. The average Bonchev–Trinajstić information content (AvgIpc) is 3.04. The summed E-state index contributed by atoms with van der Waals surface area (Å²) in [7, 11) is 1.84. The maximum Gasteiger partial charge on any atom is 0.0992 e. The Morgan fingerprint density at radius 1 is 1.47 bits per heavy atom. The molecule has 0 radical (unpaired) electrons. The van der Waals surface area contributed by atoms with Crippen molar-refractivity contribution in [2.24, 2.45) is 7.05 Å². The molecule has 3 rings (SSSR count). The van der Waals surface area contributed by atoms with Crippen LogP contribution in [0.25, 0.3) is 10.2 Å². The van der Waals surface area contributed by atoms with Gasteiger partial charge in [0.1, 0.15) is 0 Å². The molecule has 0 saturated carbocycles. The van der Waals surface area contributed by atoms with E-state index < -0.39 is 6.10 Å². The van der Waals surface area contributed by atoms with E-state index in [9.17, 15) is 5.11 Å². The van der Waals surface area contributed by atoms with Gasteiger partial charge in [0.05, 0.1) is 28.2 Å². The molecule has 98 valence electrons. The SMILES string of the molecule is Cn1cc(C(O)CNc2ccnc3ccsc23)cn1. The van der Waals surface area contributed by atoms with E-state index in [0.29, 0.717) is 6.54 Å². The molecule has 0 aliphatic heterocycles. The van der Waals surface area contributed by atoms with Crippen molar-refractivity contribution in [3.8, 4) is 0 Å². The van der Waals surface area contributed by atoms with Gasteiger partial charge in [0.15, 0.2) is 0 Å². The van der Waals surface area contributed by atoms with Crippen molar-refractivity contribution in [1.29, 1.82) is 0 Å². The molecule has 0 aromatic carbocycles. The van der Waals surface area contributed by atoms with Gasteiger partial charge in [0.25, 0.3) is 0 Å². The molecular weight excluding hydrogens is 260 g/mol. The summed E-state index contributed by atoms with van der Waals surface area (Å²) in [5.74, 6) is 0. The van der Waals surface area contributed by atoms with Crippen LogP contribution in [0.3, 0.4) is 0 Å². The van der Waals surface area contributed by atoms with Crippen LogP contribution in [-0.4, -0.2) is 26.4 Å². The Kier molecular flexibility index (Phi) is 3.18. The fourth-order valence-corrected chi connectivity index (χ4v) is 2.79. The van der Waals surface area contributed by atoms with Crippen molar-refractivity contribution in [2.45, 2.75) is 6.10 Å². The van der Waals surface area contributed by atoms with Gasteiger partial charge in [-0.3, -0.25) is 9.67 Å². The van der Waals surface area contributed by atoms with Gasteiger partial charge in [0, 0.05) is 31.5 Å². The second-order valence-corrected chi connectivity index (χ2v) is 5.25. The Balaban J connectivity index is 1.74. The molecule has 1 atom stereocenters. The van der Waals surface area contributed by atoms with Gasteiger partial charge < -0.3 is 10.4 Å². The molecule has 0 spiro atoms. The van der Waals surface area contributed by atoms with E-state index in [1.165, 1.54) is 0 Å². The van der Waals surface area contributed by atoms with Gasteiger partial charge >= 0.3 is 0 Å². The summed E-state index contributed by atoms with van der Waals surface area (Å²) in [4.78, 5) is 4.29. The second-order valence-electron chi connectivity index (χ2n) is 4.34. The molecule has 3 heterocycles. The molecule has 5 nitrogen and oxygen atoms in total. The highest BCUT2D eigenvalue weighted by molar-refractivity contribution is 7.17. The van der Waals surface area contributed by atoms with Gasteiger partial charge in [-0.1, -0.05) is 0 Å². The quantitative estimate of drug-likeness (QED) is 0.765. The lowest BCUT2D eigenvalue weighted by Crippen LogP contribution is -2.11. The molecule has 3 aromatic heterocycles. The number of aryl methyl sites for hydroxylation is 1. The van der Waals surface area contributed by atoms with Gasteiger partial charge in [-0.15, -0.1) is 11.3 Å². The van der Waals surface area contributed by atoms with E-state index in [2.05, 4.69) is 15.4 Å². The van der Waals surface area contributed by atoms with E-state index >= 15 is 0 Å². The normalized spacial score (nSPS) is 12.7. The summed E-state index contributed by atoms with van der Waals surface area (Å²) >= 11 is 1.64. The van der Waals surface area contributed by atoms with Crippen LogP contribution < -0.4 is 5.32 Å². The van der Waals surface area contributed by atoms with Gasteiger partial charge in [-0.05, 0) is 17.5 Å². The first-order chi connectivity index (χ1) is 9.24. The summed E-state index contributed by atoms with van der Waals surface area (Å²) in [6, 6.07) is 3.91. The van der Waals surface area contributed by atoms with Crippen molar-refractivity contribution in [3.05, 3.63) is 41.7 Å². The largest absolute Gasteiger partial charge is 0.386 e. The van der Waals surface area contributed by atoms with Crippen molar-refractivity contribution < 1.29 is 5.11 Å². The number of aliphatic hydroxyl groups excluding tert-OH is 1. The number of anilines is 1. The molecule has 0 aliphatic carbocycles. The van der Waals surface area contributed by atoms with Crippen molar-refractivity contribution >= 4 is 27.2 Å². The summed E-state index contributed by atoms with van der Waals surface area (Å²) < 4.78 is 2.79. The number of aliphatic hydroxyl groups is 1. The van der Waals surface area contributed by atoms with Crippen LogP contribution in [0.2, 0.25) is 0 Å². The maximum absolute atomic E-state index is 10.1. The molecule has 2 N–H and O–H groups in total. The number of pyridine rings is 1. The highest BCUT2D eigenvalue weighted by Crippen LogP contribution is 2.27. The minimum absolute atomic E-state index is 0.447. The Bertz CT molecular complexity index is 691. The van der Waals surface area contributed by atoms with Gasteiger partial charge in [-0.2, -0.15) is 5.10 Å². The number of fused-ring (bicyclic) bond motifs is 1. The Morgan fingerprint density at radius 3 is 3.16 bits per heavy atom. The first-order valence-electron chi connectivity index (χ1n) is 5.97. The number of rotatable bonds is 4. The smallest absolute Gasteiger partial charge is 0.0992 e. The maximum atomic E-state index is 10.1. The number of nitrogens with one attached hydrogen (secondary N) is 1. The second kappa shape index (κ2) is 4.99. The third-order valence-electron chi connectivity index (χ3n) is 2.94. The van der Waals surface area contributed by atoms with E-state index in [0.717, 1.165) is 21.5 Å². The number of thiophene rings is 1. The monoisotopic (exact) mass is 274 g/mol. The molecule has 19 heavy (non-hydrogen) atoms. The number of aromatic nitrogens is 3. The van der Waals surface area contributed by atoms with Crippen LogP contribution in [0.15, 0.2) is 36.1 Å². The van der Waals surface area contributed by atoms with E-state index in [1.807, 2.05) is 30.8 Å². The Hall–Kier alpha value is -1.92. The Labute approximate surface area is 114 Å². The molecule has 0 amide bonds. The van der Waals surface area contributed by atoms with E-state index in [-0.39, 0.29) is 0 Å². The lowest BCUT2D eigenvalue weighted by atomic mass is 10.2. The predicted octanol–water partition coefficient (Wildman–Crippen LogP) is 2.18. The standard InChI is InChI=1S/C13H14N4OS/c1-17-8-9(6-16-17)12(18)7-15-10-2-4-14-11-3-5-19-13(10)11/h2-6,8,12,18H,7H2,1H3,(H,14,15). The molecule has 1 unspecified atom stereocenters. The van der Waals surface area contributed by atoms with Crippen molar-refractivity contribution in [2.75, 3.05) is 11.9 Å². The number of hydrogen-bond acceptors (Lipinski definition) is 5. The fourth-order valence-electron chi connectivity index (χ4n) is 1.95. The Morgan fingerprint density at radius 2 is 2.37 bits per heavy atom. The molecule has 3 aromatic rings. The molecule has 0 aliphatic rings. The molecule has 0 fully saturated rings. The summed E-state index contributed by atoms with van der Waals surface area (Å²) in [6.07, 6.45) is 4.70. The van der Waals surface area contributed by atoms with Crippen molar-refractivity contribution in [3.63, 3.8) is 0 Å². The summed E-state index contributed by atoms with van der Waals surface area (Å²) in [5.41, 5.74) is 2.79. The van der Waals surface area contributed by atoms with Crippen molar-refractivity contribution in [1.82, 2.24) is 14.8 Å². The van der Waals surface area contributed by atoms with E-state index in [1.54, 1.807) is 28.4 Å². The summed E-state index contributed by atoms with van der Waals surface area (Å²) in [5, 5.41) is 19.4. The molecular formula is C13H14N4OS. The van der Waals surface area contributed by atoms with Crippen LogP contribution in [0.4, 0.5) is 5.69 Å². The molecule has 6 heteroatoms. The minimum Gasteiger partial charge on any atom is -0.386 e. The molecule has 0 bridgehead atoms. The third kappa shape index (κ3) is 2.45. The van der Waals surface area contributed by atoms with Crippen LogP contribution >= 0.6 is 11.3 Å². The van der Waals surface area contributed by atoms with Crippen LogP contribution in [-0.2, 0) is 7.05 Å². The zero-order chi connectivity index (χ0) is 13.2. The fraction of sp³-hybridized carbons (Fsp3) is 0.231. The lowest BCUT2D eigenvalue weighted by Gasteiger charge is -2.11.